The maximum absolute atomic E-state index is 11.9. The molecule has 1 unspecified atom stereocenters. The highest BCUT2D eigenvalue weighted by Crippen LogP contribution is 2.35. The molecule has 1 heterocycles. The van der Waals surface area contributed by atoms with Crippen molar-refractivity contribution in [3.63, 3.8) is 0 Å². The highest BCUT2D eigenvalue weighted by Gasteiger charge is 2.39. The summed E-state index contributed by atoms with van der Waals surface area (Å²) in [4.78, 5) is 14.5. The molecule has 3 aliphatic rings. The fourth-order valence-electron chi connectivity index (χ4n) is 4.32. The van der Waals surface area contributed by atoms with E-state index in [1.165, 1.54) is 57.9 Å². The molecule has 0 aromatic heterocycles. The molecule has 4 heteroatoms. The van der Waals surface area contributed by atoms with Crippen LogP contribution in [0.1, 0.15) is 64.7 Å². The predicted octanol–water partition coefficient (Wildman–Crippen LogP) is 2.03. The molecule has 3 atom stereocenters. The van der Waals surface area contributed by atoms with Crippen molar-refractivity contribution in [2.75, 3.05) is 13.1 Å². The zero-order valence-electron chi connectivity index (χ0n) is 13.4. The molecule has 2 saturated carbocycles. The predicted molar refractivity (Wildman–Crippen MR) is 84.9 cm³/mol. The fraction of sp³-hybridized carbons (Fsp3) is 0.941. The zero-order valence-corrected chi connectivity index (χ0v) is 13.4. The Balaban J connectivity index is 1.57. The van der Waals surface area contributed by atoms with Crippen molar-refractivity contribution in [2.24, 2.45) is 11.7 Å². The summed E-state index contributed by atoms with van der Waals surface area (Å²) in [6.45, 7) is 4.22. The number of nitrogens with one attached hydrogen (secondary N) is 1. The van der Waals surface area contributed by atoms with Crippen LogP contribution in [-0.4, -0.2) is 41.5 Å². The lowest BCUT2D eigenvalue weighted by molar-refractivity contribution is -0.124. The second-order valence-corrected chi connectivity index (χ2v) is 7.66. The van der Waals surface area contributed by atoms with Gasteiger partial charge in [-0.25, -0.2) is 0 Å². The molecule has 0 radical (unpaired) electrons. The van der Waals surface area contributed by atoms with Gasteiger partial charge in [0.2, 0.25) is 5.91 Å². The van der Waals surface area contributed by atoms with Crippen molar-refractivity contribution in [2.45, 2.75) is 82.3 Å². The number of hydrogen-bond donors (Lipinski definition) is 2. The van der Waals surface area contributed by atoms with Crippen LogP contribution in [-0.2, 0) is 4.79 Å². The minimum atomic E-state index is -0.525. The maximum Gasteiger partial charge on any atom is 0.237 e. The number of primary amides is 1. The number of fused-ring (bicyclic) bond motifs is 1. The number of carbonyl (C=O) groups is 1. The summed E-state index contributed by atoms with van der Waals surface area (Å²) < 4.78 is 0. The molecule has 0 aromatic rings. The van der Waals surface area contributed by atoms with Crippen LogP contribution >= 0.6 is 0 Å². The second kappa shape index (κ2) is 6.25. The summed E-state index contributed by atoms with van der Waals surface area (Å²) in [5.41, 5.74) is 5.15. The van der Waals surface area contributed by atoms with Gasteiger partial charge in [-0.15, -0.1) is 0 Å². The van der Waals surface area contributed by atoms with Crippen molar-refractivity contribution < 1.29 is 4.79 Å². The lowest BCUT2D eigenvalue weighted by Crippen LogP contribution is -2.56. The Hall–Kier alpha value is -0.610. The normalized spacial score (nSPS) is 33.2. The Labute approximate surface area is 128 Å². The largest absolute Gasteiger partial charge is 0.368 e. The second-order valence-electron chi connectivity index (χ2n) is 7.66. The molecular weight excluding hydrogens is 262 g/mol. The van der Waals surface area contributed by atoms with Crippen LogP contribution in [0.3, 0.4) is 0 Å². The first-order valence-corrected chi connectivity index (χ1v) is 8.90. The van der Waals surface area contributed by atoms with E-state index < -0.39 is 5.54 Å². The van der Waals surface area contributed by atoms with Crippen LogP contribution in [0.15, 0.2) is 0 Å². The first-order chi connectivity index (χ1) is 10.1. The van der Waals surface area contributed by atoms with Crippen molar-refractivity contribution in [3.05, 3.63) is 0 Å². The van der Waals surface area contributed by atoms with Crippen LogP contribution in [0.4, 0.5) is 0 Å². The Kier molecular flexibility index (Phi) is 4.55. The first-order valence-electron chi connectivity index (χ1n) is 8.90. The van der Waals surface area contributed by atoms with Crippen LogP contribution in [0.25, 0.3) is 0 Å². The molecule has 0 aromatic carbocycles. The topological polar surface area (TPSA) is 58.4 Å². The van der Waals surface area contributed by atoms with Crippen molar-refractivity contribution >= 4 is 5.91 Å². The molecule has 0 spiro atoms. The Morgan fingerprint density at radius 1 is 1.19 bits per heavy atom. The number of hydrogen-bond acceptors (Lipinski definition) is 3. The number of carbonyl (C=O) groups excluding carboxylic acids is 1. The molecular formula is C17H31N3O. The zero-order chi connectivity index (χ0) is 14.9. The van der Waals surface area contributed by atoms with Gasteiger partial charge in [0.15, 0.2) is 0 Å². The number of amides is 1. The SMILES string of the molecule is CC(CCN1CCC[C@H]2CCCC[C@H]21)(NC1CC1)C(N)=O. The minimum absolute atomic E-state index is 0.188. The smallest absolute Gasteiger partial charge is 0.237 e. The lowest BCUT2D eigenvalue weighted by atomic mass is 9.78. The van der Waals surface area contributed by atoms with Gasteiger partial charge < -0.3 is 16.0 Å². The molecule has 1 amide bonds. The molecule has 21 heavy (non-hydrogen) atoms. The molecule has 4 nitrogen and oxygen atoms in total. The van der Waals surface area contributed by atoms with Gasteiger partial charge in [-0.1, -0.05) is 12.8 Å². The third-order valence-electron chi connectivity index (χ3n) is 5.90. The average molecular weight is 293 g/mol. The van der Waals surface area contributed by atoms with E-state index in [1.54, 1.807) is 0 Å². The molecule has 2 aliphatic carbocycles. The standard InChI is InChI=1S/C17H31N3O/c1-17(16(18)21,19-14-8-9-14)10-12-20-11-4-6-13-5-2-3-7-15(13)20/h13-15,19H,2-12H2,1H3,(H2,18,21)/t13-,15-,17?/m1/s1. The monoisotopic (exact) mass is 293 g/mol. The summed E-state index contributed by atoms with van der Waals surface area (Å²) in [5, 5.41) is 3.48. The van der Waals surface area contributed by atoms with Gasteiger partial charge in [0.05, 0.1) is 5.54 Å². The molecule has 3 fully saturated rings. The van der Waals surface area contributed by atoms with Crippen molar-refractivity contribution in [3.8, 4) is 0 Å². The summed E-state index contributed by atoms with van der Waals surface area (Å²) in [5.74, 6) is 0.718. The van der Waals surface area contributed by atoms with Crippen molar-refractivity contribution in [1.29, 1.82) is 0 Å². The molecule has 120 valence electrons. The fourth-order valence-corrected chi connectivity index (χ4v) is 4.32. The molecule has 3 N–H and O–H groups in total. The van der Waals surface area contributed by atoms with Gasteiger partial charge in [-0.3, -0.25) is 4.79 Å². The number of nitrogens with zero attached hydrogens (tertiary/aromatic N) is 1. The summed E-state index contributed by atoms with van der Waals surface area (Å²) in [6, 6.07) is 1.29. The number of nitrogens with two attached hydrogens (primary N) is 1. The van der Waals surface area contributed by atoms with Crippen LogP contribution in [0, 0.1) is 5.92 Å². The molecule has 3 rings (SSSR count). The van der Waals surface area contributed by atoms with Crippen LogP contribution in [0.5, 0.6) is 0 Å². The molecule has 1 aliphatic heterocycles. The van der Waals surface area contributed by atoms with E-state index in [-0.39, 0.29) is 5.91 Å². The van der Waals surface area contributed by atoms with E-state index >= 15 is 0 Å². The maximum atomic E-state index is 11.9. The van der Waals surface area contributed by atoms with Gasteiger partial charge in [-0.2, -0.15) is 0 Å². The van der Waals surface area contributed by atoms with Gasteiger partial charge in [0.1, 0.15) is 0 Å². The first kappa shape index (κ1) is 15.3. The van der Waals surface area contributed by atoms with E-state index in [1.807, 2.05) is 6.92 Å². The van der Waals surface area contributed by atoms with E-state index in [9.17, 15) is 4.79 Å². The highest BCUT2D eigenvalue weighted by atomic mass is 16.1. The minimum Gasteiger partial charge on any atom is -0.368 e. The van der Waals surface area contributed by atoms with Gasteiger partial charge >= 0.3 is 0 Å². The van der Waals surface area contributed by atoms with Crippen molar-refractivity contribution in [1.82, 2.24) is 10.2 Å². The van der Waals surface area contributed by atoms with E-state index in [4.69, 9.17) is 5.73 Å². The van der Waals surface area contributed by atoms with E-state index in [0.29, 0.717) is 6.04 Å². The third-order valence-corrected chi connectivity index (χ3v) is 5.90. The average Bonchev–Trinajstić information content (AvgIpc) is 3.28. The summed E-state index contributed by atoms with van der Waals surface area (Å²) in [7, 11) is 0. The third kappa shape index (κ3) is 3.59. The highest BCUT2D eigenvalue weighted by molar-refractivity contribution is 5.84. The Bertz CT molecular complexity index is 380. The van der Waals surface area contributed by atoms with Gasteiger partial charge in [0, 0.05) is 18.6 Å². The number of rotatable bonds is 6. The Morgan fingerprint density at radius 2 is 1.90 bits per heavy atom. The van der Waals surface area contributed by atoms with Crippen LogP contribution < -0.4 is 11.1 Å². The Morgan fingerprint density at radius 3 is 2.62 bits per heavy atom. The van der Waals surface area contributed by atoms with Gasteiger partial charge in [0.25, 0.3) is 0 Å². The number of piperidine rings is 1. The van der Waals surface area contributed by atoms with Gasteiger partial charge in [-0.05, 0) is 64.3 Å². The van der Waals surface area contributed by atoms with E-state index in [2.05, 4.69) is 10.2 Å². The van der Waals surface area contributed by atoms with Crippen LogP contribution in [0.2, 0.25) is 0 Å². The summed E-state index contributed by atoms with van der Waals surface area (Å²) in [6.07, 6.45) is 11.5. The van der Waals surface area contributed by atoms with E-state index in [0.717, 1.165) is 24.9 Å². The quantitative estimate of drug-likeness (QED) is 0.788. The lowest BCUT2D eigenvalue weighted by Gasteiger charge is -2.45. The molecule has 1 saturated heterocycles. The number of likely N-dealkylation sites (tertiary alicyclic amines) is 1. The molecule has 0 bridgehead atoms. The summed E-state index contributed by atoms with van der Waals surface area (Å²) >= 11 is 0.